The maximum Gasteiger partial charge on any atom is 0.416 e. The summed E-state index contributed by atoms with van der Waals surface area (Å²) in [7, 11) is 1.53. The van der Waals surface area contributed by atoms with Gasteiger partial charge in [0.1, 0.15) is 10.8 Å². The third-order valence-electron chi connectivity index (χ3n) is 5.34. The summed E-state index contributed by atoms with van der Waals surface area (Å²) in [6, 6.07) is 10.6. The molecular weight excluding hydrogens is 511 g/mol. The molecule has 0 saturated carbocycles. The first-order valence-corrected chi connectivity index (χ1v) is 11.8. The fraction of sp³-hybridized carbons (Fsp3) is 0.200. The van der Waals surface area contributed by atoms with E-state index in [-0.39, 0.29) is 40.2 Å². The van der Waals surface area contributed by atoms with E-state index in [1.165, 1.54) is 12.5 Å². The number of aromatic nitrogens is 2. The van der Waals surface area contributed by atoms with E-state index in [2.05, 4.69) is 10.4 Å². The van der Waals surface area contributed by atoms with Crippen LogP contribution < -0.4 is 15.6 Å². The van der Waals surface area contributed by atoms with Gasteiger partial charge in [0.2, 0.25) is 5.91 Å². The number of carbonyl (C=O) groups is 2. The highest BCUT2D eigenvalue weighted by Gasteiger charge is 2.30. The van der Waals surface area contributed by atoms with Crippen LogP contribution >= 0.6 is 11.3 Å². The summed E-state index contributed by atoms with van der Waals surface area (Å²) in [6.45, 7) is 1.64. The number of esters is 1. The second-order valence-corrected chi connectivity index (χ2v) is 8.64. The quantitative estimate of drug-likeness (QED) is 0.343. The number of hydrogen-bond donors (Lipinski definition) is 1. The van der Waals surface area contributed by atoms with Crippen molar-refractivity contribution in [3.05, 3.63) is 81.1 Å². The first-order valence-electron chi connectivity index (χ1n) is 10.9. The number of benzene rings is 2. The minimum absolute atomic E-state index is 0.00625. The molecule has 0 spiro atoms. The van der Waals surface area contributed by atoms with Crippen molar-refractivity contribution >= 4 is 39.0 Å². The average molecular weight is 532 g/mol. The first-order chi connectivity index (χ1) is 17.6. The molecule has 1 amide bonds. The highest BCUT2D eigenvalue weighted by atomic mass is 32.1. The standard InChI is InChI=1S/C25H20F3N3O5S/c1-3-36-24(34)21-18-13-37-22(29-19(32)12-14-4-10-17(35-2)11-5-14)20(18)23(33)31(30-21)16-8-6-15(7-9-16)25(26,27)28/h4-11,13H,3,12H2,1-2H3,(H,29,32). The zero-order valence-electron chi connectivity index (χ0n) is 19.6. The van der Waals surface area contributed by atoms with Crippen molar-refractivity contribution in [1.82, 2.24) is 9.78 Å². The summed E-state index contributed by atoms with van der Waals surface area (Å²) in [4.78, 5) is 38.8. The van der Waals surface area contributed by atoms with Gasteiger partial charge in [-0.25, -0.2) is 4.79 Å². The Hall–Kier alpha value is -4.19. The molecule has 0 saturated heterocycles. The Morgan fingerprint density at radius 2 is 1.76 bits per heavy atom. The summed E-state index contributed by atoms with van der Waals surface area (Å²) in [6.07, 6.45) is -4.56. The van der Waals surface area contributed by atoms with Crippen LogP contribution in [0, 0.1) is 0 Å². The second-order valence-electron chi connectivity index (χ2n) is 7.76. The third-order valence-corrected chi connectivity index (χ3v) is 6.23. The van der Waals surface area contributed by atoms with E-state index in [0.29, 0.717) is 11.3 Å². The van der Waals surface area contributed by atoms with Crippen molar-refractivity contribution in [2.45, 2.75) is 19.5 Å². The lowest BCUT2D eigenvalue weighted by atomic mass is 10.1. The van der Waals surface area contributed by atoms with Gasteiger partial charge in [-0.15, -0.1) is 11.3 Å². The molecule has 2 aromatic heterocycles. The molecule has 0 aliphatic heterocycles. The Morgan fingerprint density at radius 1 is 1.08 bits per heavy atom. The van der Waals surface area contributed by atoms with Crippen LogP contribution in [0.5, 0.6) is 5.75 Å². The van der Waals surface area contributed by atoms with E-state index in [4.69, 9.17) is 9.47 Å². The summed E-state index contributed by atoms with van der Waals surface area (Å²) < 4.78 is 50.0. The number of nitrogens with zero attached hydrogens (tertiary/aromatic N) is 2. The molecule has 37 heavy (non-hydrogen) atoms. The van der Waals surface area contributed by atoms with Crippen LogP contribution in [-0.4, -0.2) is 35.4 Å². The molecule has 4 aromatic rings. The fourth-order valence-electron chi connectivity index (χ4n) is 3.56. The number of nitrogens with one attached hydrogen (secondary N) is 1. The Bertz CT molecular complexity index is 1510. The molecule has 4 rings (SSSR count). The predicted octanol–water partition coefficient (Wildman–Crippen LogP) is 4.83. The third kappa shape index (κ3) is 5.48. The SMILES string of the molecule is CCOC(=O)c1nn(-c2ccc(C(F)(F)F)cc2)c(=O)c2c(NC(=O)Cc3ccc(OC)cc3)scc12. The highest BCUT2D eigenvalue weighted by Crippen LogP contribution is 2.32. The topological polar surface area (TPSA) is 99.5 Å². The monoisotopic (exact) mass is 531 g/mol. The van der Waals surface area contributed by atoms with Crippen LogP contribution in [0.15, 0.2) is 58.7 Å². The molecule has 0 bridgehead atoms. The van der Waals surface area contributed by atoms with E-state index < -0.39 is 29.2 Å². The lowest BCUT2D eigenvalue weighted by Crippen LogP contribution is -2.26. The van der Waals surface area contributed by atoms with E-state index in [9.17, 15) is 27.6 Å². The zero-order chi connectivity index (χ0) is 26.7. The van der Waals surface area contributed by atoms with Gasteiger partial charge in [-0.05, 0) is 48.9 Å². The van der Waals surface area contributed by atoms with Gasteiger partial charge in [0.05, 0.1) is 36.8 Å². The van der Waals surface area contributed by atoms with Crippen LogP contribution in [0.4, 0.5) is 18.2 Å². The molecule has 0 unspecified atom stereocenters. The molecule has 2 heterocycles. The maximum atomic E-state index is 13.4. The smallest absolute Gasteiger partial charge is 0.416 e. The molecule has 12 heteroatoms. The number of halogens is 3. The molecule has 0 aliphatic rings. The molecule has 8 nitrogen and oxygen atoms in total. The van der Waals surface area contributed by atoms with Crippen molar-refractivity contribution in [3.63, 3.8) is 0 Å². The number of amides is 1. The number of fused-ring (bicyclic) bond motifs is 1. The number of alkyl halides is 3. The normalized spacial score (nSPS) is 11.4. The molecule has 192 valence electrons. The molecule has 1 N–H and O–H groups in total. The van der Waals surface area contributed by atoms with Gasteiger partial charge >= 0.3 is 12.1 Å². The molecule has 2 aromatic carbocycles. The predicted molar refractivity (Wildman–Crippen MR) is 132 cm³/mol. The molecule has 0 fully saturated rings. The summed E-state index contributed by atoms with van der Waals surface area (Å²) >= 11 is 1.02. The second kappa shape index (κ2) is 10.4. The maximum absolute atomic E-state index is 13.4. The van der Waals surface area contributed by atoms with Crippen molar-refractivity contribution in [3.8, 4) is 11.4 Å². The van der Waals surface area contributed by atoms with Gasteiger partial charge in [0.25, 0.3) is 5.56 Å². The Labute approximate surface area is 212 Å². The number of methoxy groups -OCH3 is 1. The highest BCUT2D eigenvalue weighted by molar-refractivity contribution is 7.16. The largest absolute Gasteiger partial charge is 0.497 e. The summed E-state index contributed by atoms with van der Waals surface area (Å²) in [5, 5.41) is 8.61. The number of rotatable bonds is 7. The van der Waals surface area contributed by atoms with Crippen LogP contribution in [0.1, 0.15) is 28.5 Å². The number of thiophene rings is 1. The fourth-order valence-corrected chi connectivity index (χ4v) is 4.51. The molecular formula is C25H20F3N3O5S. The number of ether oxygens (including phenoxy) is 2. The summed E-state index contributed by atoms with van der Waals surface area (Å²) in [5.41, 5.74) is -1.12. The number of anilines is 1. The van der Waals surface area contributed by atoms with Gasteiger partial charge < -0.3 is 14.8 Å². The van der Waals surface area contributed by atoms with E-state index in [1.54, 1.807) is 31.2 Å². The van der Waals surface area contributed by atoms with Crippen molar-refractivity contribution in [2.24, 2.45) is 0 Å². The van der Waals surface area contributed by atoms with E-state index in [0.717, 1.165) is 40.3 Å². The lowest BCUT2D eigenvalue weighted by molar-refractivity contribution is -0.137. The zero-order valence-corrected chi connectivity index (χ0v) is 20.4. The molecule has 0 aliphatic carbocycles. The van der Waals surface area contributed by atoms with E-state index >= 15 is 0 Å². The van der Waals surface area contributed by atoms with Gasteiger partial charge in [-0.2, -0.15) is 23.0 Å². The molecule has 0 radical (unpaired) electrons. The van der Waals surface area contributed by atoms with Crippen LogP contribution in [-0.2, 0) is 22.1 Å². The van der Waals surface area contributed by atoms with Crippen molar-refractivity contribution < 1.29 is 32.2 Å². The Kier molecular flexibility index (Phi) is 7.30. The minimum Gasteiger partial charge on any atom is -0.497 e. The Morgan fingerprint density at radius 3 is 2.35 bits per heavy atom. The van der Waals surface area contributed by atoms with Crippen LogP contribution in [0.3, 0.4) is 0 Å². The van der Waals surface area contributed by atoms with Crippen LogP contribution in [0.25, 0.3) is 16.5 Å². The average Bonchev–Trinajstić information content (AvgIpc) is 3.28. The van der Waals surface area contributed by atoms with Gasteiger partial charge in [0.15, 0.2) is 5.69 Å². The van der Waals surface area contributed by atoms with E-state index in [1.807, 2.05) is 0 Å². The van der Waals surface area contributed by atoms with Crippen molar-refractivity contribution in [2.75, 3.05) is 19.0 Å². The Balaban J connectivity index is 1.76. The van der Waals surface area contributed by atoms with Crippen LogP contribution in [0.2, 0.25) is 0 Å². The summed E-state index contributed by atoms with van der Waals surface area (Å²) in [5.74, 6) is -0.595. The minimum atomic E-state index is -4.56. The first kappa shape index (κ1) is 25.9. The number of carbonyl (C=O) groups excluding carboxylic acids is 2. The van der Waals surface area contributed by atoms with Gasteiger partial charge in [-0.1, -0.05) is 12.1 Å². The van der Waals surface area contributed by atoms with Gasteiger partial charge in [-0.3, -0.25) is 9.59 Å². The van der Waals surface area contributed by atoms with Gasteiger partial charge in [0, 0.05) is 10.8 Å². The lowest BCUT2D eigenvalue weighted by Gasteiger charge is -2.11. The molecule has 0 atom stereocenters. The van der Waals surface area contributed by atoms with Crippen molar-refractivity contribution in [1.29, 1.82) is 0 Å². The number of hydrogen-bond acceptors (Lipinski definition) is 7.